The summed E-state index contributed by atoms with van der Waals surface area (Å²) in [4.78, 5) is 0. The molecule has 0 aromatic heterocycles. The second-order valence-corrected chi connectivity index (χ2v) is 3.85. The molecule has 0 spiro atoms. The van der Waals surface area contributed by atoms with Crippen LogP contribution >= 0.6 is 0 Å². The summed E-state index contributed by atoms with van der Waals surface area (Å²) in [5.74, 6) is -1.69. The molecule has 0 heterocycles. The van der Waals surface area contributed by atoms with E-state index in [9.17, 15) is 8.78 Å². The lowest BCUT2D eigenvalue weighted by Gasteiger charge is -2.20. The molecule has 4 heteroatoms. The van der Waals surface area contributed by atoms with Gasteiger partial charge in [-0.05, 0) is 31.0 Å². The zero-order valence-corrected chi connectivity index (χ0v) is 9.50. The van der Waals surface area contributed by atoms with E-state index in [1.54, 1.807) is 6.07 Å². The van der Waals surface area contributed by atoms with Crippen molar-refractivity contribution in [2.24, 2.45) is 0 Å². The summed E-state index contributed by atoms with van der Waals surface area (Å²) in [5, 5.41) is 12.2. The van der Waals surface area contributed by atoms with Gasteiger partial charge in [-0.15, -0.1) is 0 Å². The molecular formula is C12H17F2NO. The van der Waals surface area contributed by atoms with Gasteiger partial charge in [0.05, 0.1) is 6.61 Å². The minimum absolute atomic E-state index is 0.0249. The molecule has 0 aliphatic heterocycles. The van der Waals surface area contributed by atoms with Crippen molar-refractivity contribution in [2.45, 2.75) is 32.4 Å². The SMILES string of the molecule is CC[C@H](CO)NC(C)c1ccc(F)c(F)c1. The summed E-state index contributed by atoms with van der Waals surface area (Å²) >= 11 is 0. The van der Waals surface area contributed by atoms with E-state index in [-0.39, 0.29) is 18.7 Å². The molecule has 0 amide bonds. The average Bonchev–Trinajstić information content (AvgIpc) is 2.29. The van der Waals surface area contributed by atoms with E-state index in [4.69, 9.17) is 5.11 Å². The predicted molar refractivity (Wildman–Crippen MR) is 59.1 cm³/mol. The number of hydrogen-bond acceptors (Lipinski definition) is 2. The summed E-state index contributed by atoms with van der Waals surface area (Å²) in [6.07, 6.45) is 0.782. The fourth-order valence-corrected chi connectivity index (χ4v) is 1.53. The molecule has 2 N–H and O–H groups in total. The highest BCUT2D eigenvalue weighted by Gasteiger charge is 2.12. The number of rotatable bonds is 5. The van der Waals surface area contributed by atoms with E-state index in [0.29, 0.717) is 5.56 Å². The van der Waals surface area contributed by atoms with Crippen molar-refractivity contribution in [2.75, 3.05) is 6.61 Å². The van der Waals surface area contributed by atoms with Crippen molar-refractivity contribution in [3.05, 3.63) is 35.4 Å². The molecule has 0 saturated heterocycles. The van der Waals surface area contributed by atoms with E-state index in [2.05, 4.69) is 5.32 Å². The van der Waals surface area contributed by atoms with Crippen molar-refractivity contribution < 1.29 is 13.9 Å². The fraction of sp³-hybridized carbons (Fsp3) is 0.500. The molecule has 0 saturated carbocycles. The number of halogens is 2. The molecule has 0 fully saturated rings. The molecule has 0 aliphatic carbocycles. The highest BCUT2D eigenvalue weighted by molar-refractivity contribution is 5.20. The molecule has 16 heavy (non-hydrogen) atoms. The van der Waals surface area contributed by atoms with Gasteiger partial charge in [-0.1, -0.05) is 13.0 Å². The second-order valence-electron chi connectivity index (χ2n) is 3.85. The maximum Gasteiger partial charge on any atom is 0.159 e. The van der Waals surface area contributed by atoms with Gasteiger partial charge in [0.25, 0.3) is 0 Å². The first-order valence-electron chi connectivity index (χ1n) is 5.40. The van der Waals surface area contributed by atoms with Crippen LogP contribution < -0.4 is 5.32 Å². The number of hydrogen-bond donors (Lipinski definition) is 2. The van der Waals surface area contributed by atoms with E-state index in [0.717, 1.165) is 12.5 Å². The summed E-state index contributed by atoms with van der Waals surface area (Å²) in [6, 6.07) is 3.69. The van der Waals surface area contributed by atoms with Crippen LogP contribution in [0, 0.1) is 11.6 Å². The largest absolute Gasteiger partial charge is 0.395 e. The lowest BCUT2D eigenvalue weighted by atomic mass is 10.1. The van der Waals surface area contributed by atoms with E-state index in [1.165, 1.54) is 6.07 Å². The summed E-state index contributed by atoms with van der Waals surface area (Å²) in [5.41, 5.74) is 0.672. The molecule has 1 aromatic rings. The third-order valence-corrected chi connectivity index (χ3v) is 2.64. The van der Waals surface area contributed by atoms with Gasteiger partial charge in [-0.25, -0.2) is 8.78 Å². The predicted octanol–water partition coefficient (Wildman–Crippen LogP) is 2.39. The average molecular weight is 229 g/mol. The van der Waals surface area contributed by atoms with Crippen LogP contribution in [0.2, 0.25) is 0 Å². The molecule has 2 atom stereocenters. The number of nitrogens with one attached hydrogen (secondary N) is 1. The summed E-state index contributed by atoms with van der Waals surface area (Å²) < 4.78 is 25.7. The van der Waals surface area contributed by atoms with Gasteiger partial charge in [-0.2, -0.15) is 0 Å². The zero-order valence-electron chi connectivity index (χ0n) is 9.50. The van der Waals surface area contributed by atoms with Crippen molar-refractivity contribution in [1.82, 2.24) is 5.32 Å². The lowest BCUT2D eigenvalue weighted by Crippen LogP contribution is -2.33. The Morgan fingerprint density at radius 1 is 1.31 bits per heavy atom. The molecule has 90 valence electrons. The number of aliphatic hydroxyl groups is 1. The number of benzene rings is 1. The molecule has 0 bridgehead atoms. The van der Waals surface area contributed by atoms with Gasteiger partial charge in [0.2, 0.25) is 0 Å². The van der Waals surface area contributed by atoms with Crippen molar-refractivity contribution >= 4 is 0 Å². The van der Waals surface area contributed by atoms with E-state index >= 15 is 0 Å². The van der Waals surface area contributed by atoms with Crippen LogP contribution in [0.5, 0.6) is 0 Å². The van der Waals surface area contributed by atoms with Crippen LogP contribution in [0.15, 0.2) is 18.2 Å². The summed E-state index contributed by atoms with van der Waals surface area (Å²) in [6.45, 7) is 3.83. The van der Waals surface area contributed by atoms with Gasteiger partial charge < -0.3 is 10.4 Å². The Labute approximate surface area is 94.3 Å². The molecule has 1 rings (SSSR count). The van der Waals surface area contributed by atoms with Crippen molar-refractivity contribution in [1.29, 1.82) is 0 Å². The monoisotopic (exact) mass is 229 g/mol. The highest BCUT2D eigenvalue weighted by atomic mass is 19.2. The first-order chi connectivity index (χ1) is 7.58. The first kappa shape index (κ1) is 13.1. The van der Waals surface area contributed by atoms with Crippen LogP contribution in [0.1, 0.15) is 31.9 Å². The Kier molecular flexibility index (Phi) is 4.83. The second kappa shape index (κ2) is 5.92. The Hall–Kier alpha value is -1.00. The van der Waals surface area contributed by atoms with Gasteiger partial charge in [0.1, 0.15) is 0 Å². The fourth-order valence-electron chi connectivity index (χ4n) is 1.53. The standard InChI is InChI=1S/C12H17F2NO/c1-3-10(7-16)15-8(2)9-4-5-11(13)12(14)6-9/h4-6,8,10,15-16H,3,7H2,1-2H3/t8?,10-/m1/s1. The van der Waals surface area contributed by atoms with Crippen molar-refractivity contribution in [3.8, 4) is 0 Å². The molecule has 1 unspecified atom stereocenters. The highest BCUT2D eigenvalue weighted by Crippen LogP contribution is 2.16. The van der Waals surface area contributed by atoms with Crippen LogP contribution in [0.25, 0.3) is 0 Å². The topological polar surface area (TPSA) is 32.3 Å². The lowest BCUT2D eigenvalue weighted by molar-refractivity contribution is 0.230. The van der Waals surface area contributed by atoms with Gasteiger partial charge in [0, 0.05) is 12.1 Å². The van der Waals surface area contributed by atoms with E-state index in [1.807, 2.05) is 13.8 Å². The maximum atomic E-state index is 13.0. The Bertz CT molecular complexity index is 340. The smallest absolute Gasteiger partial charge is 0.159 e. The Morgan fingerprint density at radius 3 is 2.50 bits per heavy atom. The van der Waals surface area contributed by atoms with E-state index < -0.39 is 11.6 Å². The molecular weight excluding hydrogens is 212 g/mol. The van der Waals surface area contributed by atoms with Crippen LogP contribution in [-0.4, -0.2) is 17.8 Å². The Morgan fingerprint density at radius 2 is 2.00 bits per heavy atom. The van der Waals surface area contributed by atoms with Gasteiger partial charge in [-0.3, -0.25) is 0 Å². The maximum absolute atomic E-state index is 13.0. The normalized spacial score (nSPS) is 14.8. The quantitative estimate of drug-likeness (QED) is 0.812. The van der Waals surface area contributed by atoms with Gasteiger partial charge in [0.15, 0.2) is 11.6 Å². The number of aliphatic hydroxyl groups excluding tert-OH is 1. The third kappa shape index (κ3) is 3.25. The van der Waals surface area contributed by atoms with Crippen molar-refractivity contribution in [3.63, 3.8) is 0 Å². The zero-order chi connectivity index (χ0) is 12.1. The first-order valence-corrected chi connectivity index (χ1v) is 5.40. The van der Waals surface area contributed by atoms with Crippen LogP contribution in [-0.2, 0) is 0 Å². The van der Waals surface area contributed by atoms with Gasteiger partial charge >= 0.3 is 0 Å². The third-order valence-electron chi connectivity index (χ3n) is 2.64. The molecule has 0 aliphatic rings. The molecule has 0 radical (unpaired) electrons. The minimum atomic E-state index is -0.844. The molecule has 1 aromatic carbocycles. The van der Waals surface area contributed by atoms with Crippen LogP contribution in [0.4, 0.5) is 8.78 Å². The van der Waals surface area contributed by atoms with Crippen LogP contribution in [0.3, 0.4) is 0 Å². The molecule has 2 nitrogen and oxygen atoms in total. The Balaban J connectivity index is 2.72. The minimum Gasteiger partial charge on any atom is -0.395 e. The summed E-state index contributed by atoms with van der Waals surface area (Å²) in [7, 11) is 0.